The molecule has 5 heteroatoms. The lowest BCUT2D eigenvalue weighted by molar-refractivity contribution is 0.554. The summed E-state index contributed by atoms with van der Waals surface area (Å²) in [6, 6.07) is 6.18. The van der Waals surface area contributed by atoms with Gasteiger partial charge < -0.3 is 9.73 Å². The molecule has 0 atom stereocenters. The van der Waals surface area contributed by atoms with Crippen LogP contribution in [0.4, 0.5) is 5.69 Å². The number of furan rings is 1. The van der Waals surface area contributed by atoms with Crippen molar-refractivity contribution in [1.82, 2.24) is 4.98 Å². The number of hydrogen-bond acceptors (Lipinski definition) is 4. The fourth-order valence-electron chi connectivity index (χ4n) is 2.32. The average Bonchev–Trinajstić information content (AvgIpc) is 3.01. The summed E-state index contributed by atoms with van der Waals surface area (Å²) < 4.78 is 6.54. The van der Waals surface area contributed by atoms with E-state index >= 15 is 0 Å². The highest BCUT2D eigenvalue weighted by atomic mass is 35.5. The van der Waals surface area contributed by atoms with E-state index in [0.29, 0.717) is 11.0 Å². The Kier molecular flexibility index (Phi) is 3.68. The quantitative estimate of drug-likeness (QED) is 0.735. The van der Waals surface area contributed by atoms with Crippen molar-refractivity contribution < 1.29 is 4.42 Å². The number of para-hydroxylation sites is 1. The average molecular weight is 307 g/mol. The van der Waals surface area contributed by atoms with Crippen LogP contribution in [0.15, 0.2) is 28.8 Å². The number of hydrogen-bond donors (Lipinski definition) is 1. The van der Waals surface area contributed by atoms with Gasteiger partial charge in [0.05, 0.1) is 12.2 Å². The molecule has 1 aromatic carbocycles. The molecule has 20 heavy (non-hydrogen) atoms. The van der Waals surface area contributed by atoms with Crippen LogP contribution in [0.5, 0.6) is 0 Å². The van der Waals surface area contributed by atoms with E-state index in [1.54, 1.807) is 6.20 Å². The van der Waals surface area contributed by atoms with Crippen molar-refractivity contribution in [2.45, 2.75) is 26.8 Å². The fraction of sp³-hybridized carbons (Fsp3) is 0.267. The monoisotopic (exact) mass is 306 g/mol. The summed E-state index contributed by atoms with van der Waals surface area (Å²) in [6.45, 7) is 4.92. The number of aromatic nitrogens is 1. The fourth-order valence-corrected chi connectivity index (χ4v) is 3.23. The molecule has 0 saturated heterocycles. The second-order valence-corrected chi connectivity index (χ2v) is 6.32. The summed E-state index contributed by atoms with van der Waals surface area (Å²) in [5.74, 6) is 1.05. The van der Waals surface area contributed by atoms with Crippen molar-refractivity contribution in [2.24, 2.45) is 0 Å². The summed E-state index contributed by atoms with van der Waals surface area (Å²) in [5.41, 5.74) is 3.17. The summed E-state index contributed by atoms with van der Waals surface area (Å²) >= 11 is 7.33. The van der Waals surface area contributed by atoms with E-state index in [1.807, 2.05) is 12.1 Å². The lowest BCUT2D eigenvalue weighted by atomic mass is 10.1. The molecule has 3 nitrogen and oxygen atoms in total. The van der Waals surface area contributed by atoms with Gasteiger partial charge in [0, 0.05) is 22.9 Å². The van der Waals surface area contributed by atoms with Crippen LogP contribution in [0.3, 0.4) is 0 Å². The van der Waals surface area contributed by atoms with Gasteiger partial charge in [0.2, 0.25) is 0 Å². The standard InChI is InChI=1S/C15H15ClN2OS/c1-3-13-9(2)11-5-4-6-12(14(11)19-13)17-7-10-8-18-15(16)20-10/h4-6,8,17H,3,7H2,1-2H3. The summed E-state index contributed by atoms with van der Waals surface area (Å²) in [5, 5.41) is 4.58. The number of aryl methyl sites for hydroxylation is 2. The summed E-state index contributed by atoms with van der Waals surface area (Å²) in [6.07, 6.45) is 2.70. The largest absolute Gasteiger partial charge is 0.459 e. The van der Waals surface area contributed by atoms with Gasteiger partial charge >= 0.3 is 0 Å². The number of thiazole rings is 1. The Morgan fingerprint density at radius 2 is 2.25 bits per heavy atom. The first-order chi connectivity index (χ1) is 9.69. The maximum atomic E-state index is 5.97. The zero-order chi connectivity index (χ0) is 14.1. The third-order valence-corrected chi connectivity index (χ3v) is 4.48. The molecule has 3 rings (SSSR count). The van der Waals surface area contributed by atoms with Gasteiger partial charge in [0.1, 0.15) is 5.76 Å². The maximum Gasteiger partial charge on any atom is 0.183 e. The van der Waals surface area contributed by atoms with E-state index in [9.17, 15) is 0 Å². The van der Waals surface area contributed by atoms with Crippen LogP contribution < -0.4 is 5.32 Å². The highest BCUT2D eigenvalue weighted by molar-refractivity contribution is 7.15. The van der Waals surface area contributed by atoms with Crippen LogP contribution in [0, 0.1) is 6.92 Å². The number of benzene rings is 1. The number of rotatable bonds is 4. The van der Waals surface area contributed by atoms with Crippen molar-refractivity contribution in [3.05, 3.63) is 45.1 Å². The Morgan fingerprint density at radius 3 is 2.95 bits per heavy atom. The van der Waals surface area contributed by atoms with Gasteiger partial charge in [-0.15, -0.1) is 11.3 Å². The highest BCUT2D eigenvalue weighted by Gasteiger charge is 2.12. The molecule has 0 fully saturated rings. The molecule has 0 bridgehead atoms. The predicted octanol–water partition coefficient (Wildman–Crippen LogP) is 5.03. The van der Waals surface area contributed by atoms with Crippen LogP contribution in [0.2, 0.25) is 4.47 Å². The minimum Gasteiger partial charge on any atom is -0.459 e. The van der Waals surface area contributed by atoms with E-state index in [1.165, 1.54) is 22.3 Å². The molecule has 0 aliphatic rings. The molecule has 0 aliphatic carbocycles. The molecule has 0 spiro atoms. The number of anilines is 1. The first-order valence-corrected chi connectivity index (χ1v) is 7.73. The second-order valence-electron chi connectivity index (χ2n) is 4.62. The number of nitrogens with zero attached hydrogens (tertiary/aromatic N) is 1. The molecule has 0 aliphatic heterocycles. The van der Waals surface area contributed by atoms with Gasteiger partial charge in [-0.2, -0.15) is 0 Å². The molecule has 0 amide bonds. The van der Waals surface area contributed by atoms with Crippen LogP contribution in [0.25, 0.3) is 11.0 Å². The Balaban J connectivity index is 1.91. The molecule has 0 saturated carbocycles. The van der Waals surface area contributed by atoms with E-state index in [4.69, 9.17) is 16.0 Å². The molecule has 1 N–H and O–H groups in total. The van der Waals surface area contributed by atoms with Gasteiger partial charge in [-0.05, 0) is 18.6 Å². The van der Waals surface area contributed by atoms with Crippen molar-refractivity contribution in [1.29, 1.82) is 0 Å². The zero-order valence-corrected chi connectivity index (χ0v) is 12.9. The van der Waals surface area contributed by atoms with Gasteiger partial charge in [0.15, 0.2) is 10.0 Å². The Labute approximate surface area is 126 Å². The minimum absolute atomic E-state index is 0.571. The molecule has 2 aromatic heterocycles. The van der Waals surface area contributed by atoms with Crippen molar-refractivity contribution in [3.8, 4) is 0 Å². The van der Waals surface area contributed by atoms with E-state index in [2.05, 4.69) is 30.2 Å². The maximum absolute atomic E-state index is 5.97. The van der Waals surface area contributed by atoms with Gasteiger partial charge in [-0.25, -0.2) is 4.98 Å². The third kappa shape index (κ3) is 2.41. The Morgan fingerprint density at radius 1 is 1.40 bits per heavy atom. The van der Waals surface area contributed by atoms with Crippen molar-refractivity contribution in [2.75, 3.05) is 5.32 Å². The van der Waals surface area contributed by atoms with Gasteiger partial charge in [0.25, 0.3) is 0 Å². The van der Waals surface area contributed by atoms with Gasteiger partial charge in [-0.3, -0.25) is 0 Å². The smallest absolute Gasteiger partial charge is 0.183 e. The number of halogens is 1. The summed E-state index contributed by atoms with van der Waals surface area (Å²) in [7, 11) is 0. The van der Waals surface area contributed by atoms with E-state index < -0.39 is 0 Å². The first-order valence-electron chi connectivity index (χ1n) is 6.54. The SMILES string of the molecule is CCc1oc2c(NCc3cnc(Cl)s3)cccc2c1C. The molecule has 0 radical (unpaired) electrons. The molecular formula is C15H15ClN2OS. The van der Waals surface area contributed by atoms with E-state index in [0.717, 1.165) is 28.3 Å². The van der Waals surface area contributed by atoms with Crippen molar-refractivity contribution in [3.63, 3.8) is 0 Å². The molecule has 104 valence electrons. The molecular weight excluding hydrogens is 292 g/mol. The van der Waals surface area contributed by atoms with Crippen LogP contribution >= 0.6 is 22.9 Å². The predicted molar refractivity (Wildman–Crippen MR) is 84.8 cm³/mol. The topological polar surface area (TPSA) is 38.1 Å². The first kappa shape index (κ1) is 13.5. The zero-order valence-electron chi connectivity index (χ0n) is 11.4. The second kappa shape index (κ2) is 5.46. The minimum atomic E-state index is 0.571. The lowest BCUT2D eigenvalue weighted by Gasteiger charge is -2.04. The van der Waals surface area contributed by atoms with Crippen LogP contribution in [-0.4, -0.2) is 4.98 Å². The lowest BCUT2D eigenvalue weighted by Crippen LogP contribution is -1.97. The molecule has 2 heterocycles. The van der Waals surface area contributed by atoms with Gasteiger partial charge in [-0.1, -0.05) is 30.7 Å². The van der Waals surface area contributed by atoms with Crippen molar-refractivity contribution >= 4 is 39.6 Å². The highest BCUT2D eigenvalue weighted by Crippen LogP contribution is 2.31. The van der Waals surface area contributed by atoms with Crippen LogP contribution in [-0.2, 0) is 13.0 Å². The number of nitrogens with one attached hydrogen (secondary N) is 1. The molecule has 3 aromatic rings. The molecule has 0 unspecified atom stereocenters. The number of fused-ring (bicyclic) bond motifs is 1. The van der Waals surface area contributed by atoms with E-state index in [-0.39, 0.29) is 0 Å². The van der Waals surface area contributed by atoms with Crippen LogP contribution in [0.1, 0.15) is 23.1 Å². The normalized spacial score (nSPS) is 11.2. The third-order valence-electron chi connectivity index (χ3n) is 3.36. The Hall–Kier alpha value is -1.52. The Bertz CT molecular complexity index is 747. The summed E-state index contributed by atoms with van der Waals surface area (Å²) in [4.78, 5) is 5.15.